The Morgan fingerprint density at radius 1 is 1.06 bits per heavy atom. The molecule has 0 fully saturated rings. The predicted octanol–water partition coefficient (Wildman–Crippen LogP) is 4.43. The molecule has 0 N–H and O–H groups in total. The number of hydrogen-bond acceptors (Lipinski definition) is 9. The zero-order valence-electron chi connectivity index (χ0n) is 20.6. The van der Waals surface area contributed by atoms with Crippen LogP contribution in [-0.2, 0) is 30.2 Å². The molecule has 1 aliphatic rings. The number of rotatable bonds is 11. The van der Waals surface area contributed by atoms with Crippen LogP contribution in [0.4, 0.5) is 9.59 Å². The summed E-state index contributed by atoms with van der Waals surface area (Å²) >= 11 is 0. The lowest BCUT2D eigenvalue weighted by molar-refractivity contribution is -0.154. The minimum atomic E-state index is -0.943. The fraction of sp³-hybridized carbons (Fsp3) is 0.625. The average Bonchev–Trinajstić information content (AvgIpc) is 3.20. The van der Waals surface area contributed by atoms with E-state index < -0.39 is 24.6 Å². The predicted molar refractivity (Wildman–Crippen MR) is 122 cm³/mol. The Balaban J connectivity index is 1.62. The van der Waals surface area contributed by atoms with Crippen LogP contribution in [0.2, 0.25) is 0 Å². The van der Waals surface area contributed by atoms with Gasteiger partial charge in [0.1, 0.15) is 5.60 Å². The maximum absolute atomic E-state index is 12.4. The molecule has 0 saturated carbocycles. The molecule has 0 spiro atoms. The highest BCUT2D eigenvalue weighted by molar-refractivity contribution is 5.69. The molecule has 1 unspecified atom stereocenters. The van der Waals surface area contributed by atoms with Crippen molar-refractivity contribution in [2.24, 2.45) is 0 Å². The minimum Gasteiger partial charge on any atom is -0.460 e. The Labute approximate surface area is 200 Å². The van der Waals surface area contributed by atoms with Crippen LogP contribution in [0.1, 0.15) is 59.4 Å². The van der Waals surface area contributed by atoms with Crippen LogP contribution in [0.3, 0.4) is 0 Å². The molecule has 0 radical (unpaired) electrons. The molecule has 1 aromatic carbocycles. The lowest BCUT2D eigenvalue weighted by Gasteiger charge is -2.27. The number of amides is 1. The third-order valence-electron chi connectivity index (χ3n) is 4.85. The van der Waals surface area contributed by atoms with Crippen LogP contribution in [0.5, 0.6) is 11.5 Å². The van der Waals surface area contributed by atoms with E-state index in [1.54, 1.807) is 20.8 Å². The Hall–Kier alpha value is -3.17. The summed E-state index contributed by atoms with van der Waals surface area (Å²) < 4.78 is 30.7. The number of esters is 1. The molecule has 190 valence electrons. The summed E-state index contributed by atoms with van der Waals surface area (Å²) in [5.41, 5.74) is 0.473. The van der Waals surface area contributed by atoms with Crippen LogP contribution in [-0.4, -0.2) is 61.5 Å². The molecule has 10 nitrogen and oxygen atoms in total. The van der Waals surface area contributed by atoms with Crippen LogP contribution < -0.4 is 9.47 Å². The first-order valence-corrected chi connectivity index (χ1v) is 11.4. The summed E-state index contributed by atoms with van der Waals surface area (Å²) in [4.78, 5) is 37.2. The molecule has 1 atom stereocenters. The second-order valence-corrected chi connectivity index (χ2v) is 8.84. The topological polar surface area (TPSA) is 110 Å². The Morgan fingerprint density at radius 2 is 1.79 bits per heavy atom. The van der Waals surface area contributed by atoms with Gasteiger partial charge in [0.15, 0.2) is 11.5 Å². The van der Waals surface area contributed by atoms with Gasteiger partial charge in [-0.2, -0.15) is 0 Å². The summed E-state index contributed by atoms with van der Waals surface area (Å²) in [6.45, 7) is 9.31. The van der Waals surface area contributed by atoms with E-state index >= 15 is 0 Å². The number of ether oxygens (including phenoxy) is 6. The van der Waals surface area contributed by atoms with Crippen molar-refractivity contribution in [1.82, 2.24) is 4.90 Å². The molecule has 1 aliphatic heterocycles. The van der Waals surface area contributed by atoms with Gasteiger partial charge in [-0.3, -0.25) is 4.79 Å². The van der Waals surface area contributed by atoms with Crippen molar-refractivity contribution < 1.29 is 42.8 Å². The van der Waals surface area contributed by atoms with E-state index in [0.29, 0.717) is 37.3 Å². The summed E-state index contributed by atoms with van der Waals surface area (Å²) in [7, 11) is 0. The monoisotopic (exact) mass is 481 g/mol. The van der Waals surface area contributed by atoms with Gasteiger partial charge < -0.3 is 33.3 Å². The second-order valence-electron chi connectivity index (χ2n) is 8.84. The number of fused-ring (bicyclic) bond motifs is 1. The SMILES string of the molecule is CCN(C(=O)OCOC(=O)OCCCCC(=O)OC(C)(C)C)C(C)Cc1ccc2c(c1)OCO2. The first-order valence-electron chi connectivity index (χ1n) is 11.4. The number of carbonyl (C=O) groups excluding carboxylic acids is 3. The van der Waals surface area contributed by atoms with E-state index in [2.05, 4.69) is 0 Å². The van der Waals surface area contributed by atoms with Gasteiger partial charge in [0.05, 0.1) is 6.61 Å². The zero-order valence-corrected chi connectivity index (χ0v) is 20.6. The number of benzene rings is 1. The van der Waals surface area contributed by atoms with Crippen molar-refractivity contribution >= 4 is 18.2 Å². The lowest BCUT2D eigenvalue weighted by Crippen LogP contribution is -2.40. The molecule has 0 aliphatic carbocycles. The molecule has 34 heavy (non-hydrogen) atoms. The van der Waals surface area contributed by atoms with Gasteiger partial charge >= 0.3 is 18.2 Å². The summed E-state index contributed by atoms with van der Waals surface area (Å²) in [5.74, 6) is 1.09. The summed E-state index contributed by atoms with van der Waals surface area (Å²) in [6.07, 6.45) is 0.289. The Bertz CT molecular complexity index is 834. The molecule has 2 rings (SSSR count). The maximum Gasteiger partial charge on any atom is 0.511 e. The highest BCUT2D eigenvalue weighted by Crippen LogP contribution is 2.33. The molecule has 1 amide bonds. The molecular weight excluding hydrogens is 446 g/mol. The van der Waals surface area contributed by atoms with E-state index in [0.717, 1.165) is 5.56 Å². The zero-order chi connectivity index (χ0) is 25.1. The van der Waals surface area contributed by atoms with Crippen LogP contribution in [0, 0.1) is 0 Å². The molecule has 10 heteroatoms. The van der Waals surface area contributed by atoms with Gasteiger partial charge in [0, 0.05) is 19.0 Å². The van der Waals surface area contributed by atoms with E-state index in [1.807, 2.05) is 32.0 Å². The number of unbranched alkanes of at least 4 members (excludes halogenated alkanes) is 1. The normalized spacial score (nSPS) is 13.1. The summed E-state index contributed by atoms with van der Waals surface area (Å²) in [6, 6.07) is 5.51. The molecule has 0 aromatic heterocycles. The largest absolute Gasteiger partial charge is 0.511 e. The van der Waals surface area contributed by atoms with Crippen molar-refractivity contribution in [3.8, 4) is 11.5 Å². The minimum absolute atomic E-state index is 0.0865. The van der Waals surface area contributed by atoms with Crippen LogP contribution in [0.25, 0.3) is 0 Å². The third kappa shape index (κ3) is 9.36. The fourth-order valence-corrected chi connectivity index (χ4v) is 3.31. The van der Waals surface area contributed by atoms with Gasteiger partial charge in [-0.25, -0.2) is 9.59 Å². The van der Waals surface area contributed by atoms with Crippen molar-refractivity contribution in [2.45, 2.75) is 71.9 Å². The lowest BCUT2D eigenvalue weighted by atomic mass is 10.1. The highest BCUT2D eigenvalue weighted by Gasteiger charge is 2.22. The van der Waals surface area contributed by atoms with Crippen molar-refractivity contribution in [3.05, 3.63) is 23.8 Å². The molecule has 0 bridgehead atoms. The second kappa shape index (κ2) is 12.9. The fourth-order valence-electron chi connectivity index (χ4n) is 3.31. The van der Waals surface area contributed by atoms with E-state index in [9.17, 15) is 14.4 Å². The van der Waals surface area contributed by atoms with Crippen molar-refractivity contribution in [2.75, 3.05) is 26.7 Å². The van der Waals surface area contributed by atoms with E-state index in [1.165, 1.54) is 4.90 Å². The quantitative estimate of drug-likeness (QED) is 0.196. The van der Waals surface area contributed by atoms with Gasteiger partial charge in [0.2, 0.25) is 13.6 Å². The van der Waals surface area contributed by atoms with Crippen molar-refractivity contribution in [1.29, 1.82) is 0 Å². The molecule has 1 aromatic rings. The van der Waals surface area contributed by atoms with Crippen molar-refractivity contribution in [3.63, 3.8) is 0 Å². The summed E-state index contributed by atoms with van der Waals surface area (Å²) in [5, 5.41) is 0. The smallest absolute Gasteiger partial charge is 0.460 e. The van der Waals surface area contributed by atoms with Gasteiger partial charge in [-0.1, -0.05) is 6.07 Å². The maximum atomic E-state index is 12.4. The molecular formula is C24H35NO9. The Kier molecular flexibility index (Phi) is 10.3. The standard InChI is InChI=1S/C24H35NO9/c1-6-25(17(2)13-18-10-11-19-20(14-18)31-15-30-19)22(27)32-16-33-23(28)29-12-8-7-9-21(26)34-24(3,4)5/h10-11,14,17H,6-9,12-13,15-16H2,1-5H3. The van der Waals surface area contributed by atoms with Crippen LogP contribution in [0.15, 0.2) is 18.2 Å². The van der Waals surface area contributed by atoms with Crippen LogP contribution >= 0.6 is 0 Å². The number of nitrogens with zero attached hydrogens (tertiary/aromatic N) is 1. The first kappa shape index (κ1) is 27.1. The number of carbonyl (C=O) groups is 3. The number of hydrogen-bond donors (Lipinski definition) is 0. The molecule has 1 heterocycles. The highest BCUT2D eigenvalue weighted by atomic mass is 16.8. The van der Waals surface area contributed by atoms with E-state index in [-0.39, 0.29) is 31.8 Å². The number of likely N-dealkylation sites (N-methyl/N-ethyl adjacent to an activating group) is 1. The molecule has 0 saturated heterocycles. The van der Waals surface area contributed by atoms with Gasteiger partial charge in [-0.15, -0.1) is 0 Å². The first-order chi connectivity index (χ1) is 16.1. The van der Waals surface area contributed by atoms with Gasteiger partial charge in [-0.05, 0) is 71.6 Å². The third-order valence-corrected chi connectivity index (χ3v) is 4.85. The Morgan fingerprint density at radius 3 is 2.50 bits per heavy atom. The van der Waals surface area contributed by atoms with Gasteiger partial charge in [0.25, 0.3) is 0 Å². The average molecular weight is 482 g/mol. The van der Waals surface area contributed by atoms with E-state index in [4.69, 9.17) is 28.4 Å².